The number of sulfonamides is 1. The number of halogens is 1. The van der Waals surface area contributed by atoms with Gasteiger partial charge < -0.3 is 9.80 Å². The Labute approximate surface area is 162 Å². The Balaban J connectivity index is 1.74. The van der Waals surface area contributed by atoms with E-state index in [1.807, 2.05) is 0 Å². The van der Waals surface area contributed by atoms with Crippen LogP contribution in [0.25, 0.3) is 0 Å². The van der Waals surface area contributed by atoms with E-state index in [1.54, 1.807) is 28.0 Å². The van der Waals surface area contributed by atoms with Gasteiger partial charge in [-0.2, -0.15) is 0 Å². The standard InChI is InChI=1S/C18H18ClN3O4S/c19-17-12-14(20-27(25,26)15-4-2-1-3-5-15)6-7-16(17)18(24)22-10-8-21(13-23)9-11-22/h1-7,12-13,20H,8-11H2. The number of hydrogen-bond donors (Lipinski definition) is 1. The van der Waals surface area contributed by atoms with E-state index >= 15 is 0 Å². The van der Waals surface area contributed by atoms with Crippen LogP contribution in [0.4, 0.5) is 5.69 Å². The summed E-state index contributed by atoms with van der Waals surface area (Å²) in [6, 6.07) is 12.4. The first-order valence-corrected chi connectivity index (χ1v) is 10.1. The molecule has 27 heavy (non-hydrogen) atoms. The number of carbonyl (C=O) groups excluding carboxylic acids is 2. The molecule has 0 spiro atoms. The number of rotatable bonds is 5. The topological polar surface area (TPSA) is 86.8 Å². The van der Waals surface area contributed by atoms with Crippen LogP contribution in [0, 0.1) is 0 Å². The number of nitrogens with one attached hydrogen (secondary N) is 1. The van der Waals surface area contributed by atoms with Crippen LogP contribution in [0.2, 0.25) is 5.02 Å². The third-order valence-corrected chi connectivity index (χ3v) is 5.97. The minimum Gasteiger partial charge on any atom is -0.342 e. The Bertz CT molecular complexity index is 942. The predicted octanol–water partition coefficient (Wildman–Crippen LogP) is 2.05. The van der Waals surface area contributed by atoms with Gasteiger partial charge in [-0.15, -0.1) is 0 Å². The van der Waals surface area contributed by atoms with Gasteiger partial charge in [-0.05, 0) is 30.3 Å². The van der Waals surface area contributed by atoms with E-state index in [2.05, 4.69) is 4.72 Å². The molecular weight excluding hydrogens is 390 g/mol. The minimum atomic E-state index is -3.74. The molecular formula is C18H18ClN3O4S. The number of nitrogens with zero attached hydrogens (tertiary/aromatic N) is 2. The van der Waals surface area contributed by atoms with Gasteiger partial charge in [0.15, 0.2) is 0 Å². The molecule has 0 aliphatic carbocycles. The third kappa shape index (κ3) is 4.40. The van der Waals surface area contributed by atoms with Crippen LogP contribution >= 0.6 is 11.6 Å². The fraction of sp³-hybridized carbons (Fsp3) is 0.222. The van der Waals surface area contributed by atoms with E-state index in [0.717, 1.165) is 6.41 Å². The van der Waals surface area contributed by atoms with Crippen molar-refractivity contribution in [2.24, 2.45) is 0 Å². The van der Waals surface area contributed by atoms with Gasteiger partial charge in [0.1, 0.15) is 0 Å². The van der Waals surface area contributed by atoms with Crippen molar-refractivity contribution in [2.75, 3.05) is 30.9 Å². The molecule has 1 aliphatic heterocycles. The lowest BCUT2D eigenvalue weighted by atomic mass is 10.1. The van der Waals surface area contributed by atoms with Crippen molar-refractivity contribution in [1.82, 2.24) is 9.80 Å². The average molecular weight is 408 g/mol. The van der Waals surface area contributed by atoms with Crippen LogP contribution < -0.4 is 4.72 Å². The van der Waals surface area contributed by atoms with Crippen LogP contribution in [0.5, 0.6) is 0 Å². The summed E-state index contributed by atoms with van der Waals surface area (Å²) in [5, 5.41) is 0.158. The van der Waals surface area contributed by atoms with E-state index in [0.29, 0.717) is 31.7 Å². The van der Waals surface area contributed by atoms with Crippen molar-refractivity contribution in [1.29, 1.82) is 0 Å². The summed E-state index contributed by atoms with van der Waals surface area (Å²) in [7, 11) is -3.74. The van der Waals surface area contributed by atoms with Gasteiger partial charge in [-0.3, -0.25) is 14.3 Å². The first-order valence-electron chi connectivity index (χ1n) is 8.27. The van der Waals surface area contributed by atoms with Crippen molar-refractivity contribution < 1.29 is 18.0 Å². The molecule has 7 nitrogen and oxygen atoms in total. The van der Waals surface area contributed by atoms with Gasteiger partial charge in [0, 0.05) is 26.2 Å². The molecule has 0 saturated carbocycles. The highest BCUT2D eigenvalue weighted by Crippen LogP contribution is 2.24. The molecule has 3 rings (SSSR count). The van der Waals surface area contributed by atoms with Crippen molar-refractivity contribution in [2.45, 2.75) is 4.90 Å². The Morgan fingerprint density at radius 1 is 1.04 bits per heavy atom. The lowest BCUT2D eigenvalue weighted by Gasteiger charge is -2.32. The lowest BCUT2D eigenvalue weighted by Crippen LogP contribution is -2.48. The average Bonchev–Trinajstić information content (AvgIpc) is 2.68. The fourth-order valence-electron chi connectivity index (χ4n) is 2.77. The maximum atomic E-state index is 12.6. The quantitative estimate of drug-likeness (QED) is 0.768. The zero-order valence-corrected chi connectivity index (χ0v) is 15.9. The predicted molar refractivity (Wildman–Crippen MR) is 102 cm³/mol. The SMILES string of the molecule is O=CN1CCN(C(=O)c2ccc(NS(=O)(=O)c3ccccc3)cc2Cl)CC1. The Kier molecular flexibility index (Phi) is 5.67. The molecule has 1 aliphatic rings. The first-order chi connectivity index (χ1) is 12.9. The molecule has 2 aromatic rings. The summed E-state index contributed by atoms with van der Waals surface area (Å²) in [5.74, 6) is -0.247. The molecule has 2 amide bonds. The number of hydrogen-bond acceptors (Lipinski definition) is 4. The molecule has 1 fully saturated rings. The number of benzene rings is 2. The van der Waals surface area contributed by atoms with Crippen LogP contribution in [-0.4, -0.2) is 56.7 Å². The van der Waals surface area contributed by atoms with Crippen LogP contribution in [-0.2, 0) is 14.8 Å². The third-order valence-electron chi connectivity index (χ3n) is 4.26. The smallest absolute Gasteiger partial charge is 0.261 e. The molecule has 0 aromatic heterocycles. The highest BCUT2D eigenvalue weighted by Gasteiger charge is 2.23. The van der Waals surface area contributed by atoms with E-state index in [1.165, 1.54) is 30.3 Å². The lowest BCUT2D eigenvalue weighted by molar-refractivity contribution is -0.119. The molecule has 0 radical (unpaired) electrons. The molecule has 1 heterocycles. The highest BCUT2D eigenvalue weighted by molar-refractivity contribution is 7.92. The maximum Gasteiger partial charge on any atom is 0.261 e. The Morgan fingerprint density at radius 2 is 1.70 bits per heavy atom. The monoisotopic (exact) mass is 407 g/mol. The number of anilines is 1. The number of amides is 2. The Morgan fingerprint density at radius 3 is 2.30 bits per heavy atom. The van der Waals surface area contributed by atoms with Gasteiger partial charge in [0.25, 0.3) is 15.9 Å². The molecule has 2 aromatic carbocycles. The van der Waals surface area contributed by atoms with Crippen LogP contribution in [0.15, 0.2) is 53.4 Å². The second kappa shape index (κ2) is 7.98. The van der Waals surface area contributed by atoms with Gasteiger partial charge in [0.05, 0.1) is 21.2 Å². The summed E-state index contributed by atoms with van der Waals surface area (Å²) in [4.78, 5) is 26.7. The Hall–Kier alpha value is -2.58. The summed E-state index contributed by atoms with van der Waals surface area (Å²) in [6.07, 6.45) is 0.766. The fourth-order valence-corrected chi connectivity index (χ4v) is 4.10. The van der Waals surface area contributed by atoms with Crippen molar-refractivity contribution in [3.63, 3.8) is 0 Å². The number of piperazine rings is 1. The van der Waals surface area contributed by atoms with Gasteiger partial charge in [-0.1, -0.05) is 29.8 Å². The zero-order valence-electron chi connectivity index (χ0n) is 14.3. The maximum absolute atomic E-state index is 12.6. The summed E-state index contributed by atoms with van der Waals surface area (Å²) < 4.78 is 27.2. The van der Waals surface area contributed by atoms with E-state index in [4.69, 9.17) is 11.6 Å². The zero-order chi connectivity index (χ0) is 19.4. The molecule has 142 valence electrons. The summed E-state index contributed by atoms with van der Waals surface area (Å²) in [5.41, 5.74) is 0.560. The van der Waals surface area contributed by atoms with Gasteiger partial charge >= 0.3 is 0 Å². The highest BCUT2D eigenvalue weighted by atomic mass is 35.5. The summed E-state index contributed by atoms with van der Waals surface area (Å²) >= 11 is 6.23. The first kappa shape index (κ1) is 19.2. The number of carbonyl (C=O) groups is 2. The molecule has 0 bridgehead atoms. The molecule has 1 N–H and O–H groups in total. The minimum absolute atomic E-state index is 0.134. The molecule has 9 heteroatoms. The molecule has 0 unspecified atom stereocenters. The van der Waals surface area contributed by atoms with E-state index < -0.39 is 10.0 Å². The van der Waals surface area contributed by atoms with Crippen molar-refractivity contribution in [3.8, 4) is 0 Å². The van der Waals surface area contributed by atoms with Crippen molar-refractivity contribution in [3.05, 3.63) is 59.1 Å². The normalized spacial score (nSPS) is 14.7. The summed E-state index contributed by atoms with van der Waals surface area (Å²) in [6.45, 7) is 1.80. The second-order valence-electron chi connectivity index (χ2n) is 6.05. The van der Waals surface area contributed by atoms with Crippen molar-refractivity contribution >= 4 is 39.6 Å². The van der Waals surface area contributed by atoms with Gasteiger partial charge in [0.2, 0.25) is 6.41 Å². The van der Waals surface area contributed by atoms with E-state index in [-0.39, 0.29) is 21.5 Å². The largest absolute Gasteiger partial charge is 0.342 e. The second-order valence-corrected chi connectivity index (χ2v) is 8.14. The van der Waals surface area contributed by atoms with Crippen LogP contribution in [0.1, 0.15) is 10.4 Å². The molecule has 0 atom stereocenters. The molecule has 1 saturated heterocycles. The van der Waals surface area contributed by atoms with Gasteiger partial charge in [-0.25, -0.2) is 8.42 Å². The van der Waals surface area contributed by atoms with E-state index in [9.17, 15) is 18.0 Å². The van der Waals surface area contributed by atoms with Crippen LogP contribution in [0.3, 0.4) is 0 Å².